The molecule has 0 aliphatic rings. The van der Waals surface area contributed by atoms with Crippen LogP contribution in [0.3, 0.4) is 0 Å². The van der Waals surface area contributed by atoms with E-state index < -0.39 is 0 Å². The molecule has 1 aromatic rings. The number of amides is 1. The standard InChI is InChI=1S/C12H16N2O2/c13-8-2-1-3-9-14-12(15)7-6-11-5-4-10-16-11/h4-5,10H,1-3,6-7,9H2,(H,14,15). The zero-order valence-electron chi connectivity index (χ0n) is 9.24. The van der Waals surface area contributed by atoms with Crippen LogP contribution in [0.25, 0.3) is 0 Å². The van der Waals surface area contributed by atoms with Gasteiger partial charge in [0.25, 0.3) is 0 Å². The van der Waals surface area contributed by atoms with Gasteiger partial charge in [0.2, 0.25) is 5.91 Å². The van der Waals surface area contributed by atoms with E-state index in [-0.39, 0.29) is 5.91 Å². The largest absolute Gasteiger partial charge is 0.469 e. The second kappa shape index (κ2) is 7.52. The first-order chi connectivity index (χ1) is 7.83. The molecular weight excluding hydrogens is 204 g/mol. The highest BCUT2D eigenvalue weighted by Crippen LogP contribution is 2.03. The van der Waals surface area contributed by atoms with Crippen LogP contribution < -0.4 is 5.32 Å². The van der Waals surface area contributed by atoms with Gasteiger partial charge >= 0.3 is 0 Å². The van der Waals surface area contributed by atoms with Gasteiger partial charge < -0.3 is 9.73 Å². The Morgan fingerprint density at radius 1 is 1.50 bits per heavy atom. The number of furan rings is 1. The molecule has 1 N–H and O–H groups in total. The fourth-order valence-electron chi connectivity index (χ4n) is 1.34. The fourth-order valence-corrected chi connectivity index (χ4v) is 1.34. The molecule has 0 unspecified atom stereocenters. The number of carbonyl (C=O) groups excluding carboxylic acids is 1. The van der Waals surface area contributed by atoms with Gasteiger partial charge in [-0.2, -0.15) is 5.26 Å². The van der Waals surface area contributed by atoms with Crippen LogP contribution in [-0.4, -0.2) is 12.5 Å². The van der Waals surface area contributed by atoms with Gasteiger partial charge in [-0.15, -0.1) is 0 Å². The number of hydrogen-bond acceptors (Lipinski definition) is 3. The molecule has 0 atom stereocenters. The first kappa shape index (κ1) is 12.3. The summed E-state index contributed by atoms with van der Waals surface area (Å²) >= 11 is 0. The van der Waals surface area contributed by atoms with Crippen molar-refractivity contribution >= 4 is 5.91 Å². The molecule has 0 fully saturated rings. The zero-order chi connectivity index (χ0) is 11.6. The summed E-state index contributed by atoms with van der Waals surface area (Å²) in [4.78, 5) is 11.4. The van der Waals surface area contributed by atoms with Crippen molar-refractivity contribution in [3.05, 3.63) is 24.2 Å². The molecule has 0 radical (unpaired) electrons. The molecule has 16 heavy (non-hydrogen) atoms. The molecule has 0 saturated heterocycles. The fraction of sp³-hybridized carbons (Fsp3) is 0.500. The molecule has 0 aromatic carbocycles. The summed E-state index contributed by atoms with van der Waals surface area (Å²) in [5.74, 6) is 0.869. The van der Waals surface area contributed by atoms with Crippen molar-refractivity contribution in [1.29, 1.82) is 5.26 Å². The van der Waals surface area contributed by atoms with Crippen molar-refractivity contribution in [1.82, 2.24) is 5.32 Å². The average Bonchev–Trinajstić information content (AvgIpc) is 2.79. The summed E-state index contributed by atoms with van der Waals surface area (Å²) < 4.78 is 5.13. The normalized spacial score (nSPS) is 9.69. The molecule has 4 heteroatoms. The highest BCUT2D eigenvalue weighted by molar-refractivity contribution is 5.75. The molecule has 1 heterocycles. The number of unbranched alkanes of at least 4 members (excludes halogenated alkanes) is 2. The summed E-state index contributed by atoms with van der Waals surface area (Å²) in [5, 5.41) is 11.1. The lowest BCUT2D eigenvalue weighted by molar-refractivity contribution is -0.121. The molecule has 86 valence electrons. The molecule has 0 bridgehead atoms. The lowest BCUT2D eigenvalue weighted by Crippen LogP contribution is -2.24. The number of carbonyl (C=O) groups is 1. The second-order valence-electron chi connectivity index (χ2n) is 3.54. The summed E-state index contributed by atoms with van der Waals surface area (Å²) in [6.07, 6.45) is 4.95. The Labute approximate surface area is 95.2 Å². The van der Waals surface area contributed by atoms with E-state index in [1.165, 1.54) is 0 Å². The Balaban J connectivity index is 2.01. The number of nitriles is 1. The maximum absolute atomic E-state index is 11.4. The van der Waals surface area contributed by atoms with E-state index >= 15 is 0 Å². The van der Waals surface area contributed by atoms with Crippen molar-refractivity contribution in [2.45, 2.75) is 32.1 Å². The third kappa shape index (κ3) is 5.20. The Kier molecular flexibility index (Phi) is 5.79. The van der Waals surface area contributed by atoms with Gasteiger partial charge in [-0.05, 0) is 25.0 Å². The van der Waals surface area contributed by atoms with Crippen LogP contribution in [-0.2, 0) is 11.2 Å². The molecule has 1 rings (SSSR count). The molecule has 1 aromatic heterocycles. The first-order valence-electron chi connectivity index (χ1n) is 5.49. The Morgan fingerprint density at radius 3 is 3.06 bits per heavy atom. The van der Waals surface area contributed by atoms with Crippen LogP contribution in [0.15, 0.2) is 22.8 Å². The molecule has 0 aliphatic heterocycles. The second-order valence-corrected chi connectivity index (χ2v) is 3.54. The Morgan fingerprint density at radius 2 is 2.38 bits per heavy atom. The Hall–Kier alpha value is -1.76. The van der Waals surface area contributed by atoms with Gasteiger partial charge in [-0.1, -0.05) is 0 Å². The minimum atomic E-state index is 0.0355. The monoisotopic (exact) mass is 220 g/mol. The van der Waals surface area contributed by atoms with Crippen LogP contribution in [0.1, 0.15) is 31.4 Å². The third-order valence-electron chi connectivity index (χ3n) is 2.22. The summed E-state index contributed by atoms with van der Waals surface area (Å²) in [6.45, 7) is 0.651. The number of hydrogen-bond donors (Lipinski definition) is 1. The number of aryl methyl sites for hydroxylation is 1. The molecule has 4 nitrogen and oxygen atoms in total. The predicted molar refractivity (Wildman–Crippen MR) is 59.5 cm³/mol. The minimum Gasteiger partial charge on any atom is -0.469 e. The van der Waals surface area contributed by atoms with E-state index in [9.17, 15) is 4.79 Å². The van der Waals surface area contributed by atoms with Gasteiger partial charge in [0.15, 0.2) is 0 Å². The van der Waals surface area contributed by atoms with E-state index in [0.717, 1.165) is 18.6 Å². The van der Waals surface area contributed by atoms with E-state index in [1.807, 2.05) is 12.1 Å². The summed E-state index contributed by atoms with van der Waals surface area (Å²) in [5.41, 5.74) is 0. The smallest absolute Gasteiger partial charge is 0.220 e. The highest BCUT2D eigenvalue weighted by atomic mass is 16.3. The van der Waals surface area contributed by atoms with Crippen LogP contribution >= 0.6 is 0 Å². The predicted octanol–water partition coefficient (Wildman–Crippen LogP) is 2.02. The molecule has 1 amide bonds. The molecule has 0 saturated carbocycles. The van der Waals surface area contributed by atoms with Crippen LogP contribution in [0.2, 0.25) is 0 Å². The zero-order valence-corrected chi connectivity index (χ0v) is 9.24. The highest BCUT2D eigenvalue weighted by Gasteiger charge is 2.02. The first-order valence-corrected chi connectivity index (χ1v) is 5.49. The SMILES string of the molecule is N#CCCCCNC(=O)CCc1ccco1. The molecule has 0 spiro atoms. The maximum Gasteiger partial charge on any atom is 0.220 e. The summed E-state index contributed by atoms with van der Waals surface area (Å²) in [7, 11) is 0. The number of rotatable bonds is 7. The summed E-state index contributed by atoms with van der Waals surface area (Å²) in [6, 6.07) is 5.75. The molecular formula is C12H16N2O2. The van der Waals surface area contributed by atoms with Crippen molar-refractivity contribution < 1.29 is 9.21 Å². The van der Waals surface area contributed by atoms with Gasteiger partial charge in [-0.3, -0.25) is 4.79 Å². The van der Waals surface area contributed by atoms with Crippen molar-refractivity contribution in [3.8, 4) is 6.07 Å². The van der Waals surface area contributed by atoms with E-state index in [1.54, 1.807) is 6.26 Å². The lowest BCUT2D eigenvalue weighted by atomic mass is 10.2. The van der Waals surface area contributed by atoms with Crippen molar-refractivity contribution in [2.24, 2.45) is 0 Å². The van der Waals surface area contributed by atoms with Gasteiger partial charge in [-0.25, -0.2) is 0 Å². The van der Waals surface area contributed by atoms with Crippen LogP contribution in [0.4, 0.5) is 0 Å². The average molecular weight is 220 g/mol. The minimum absolute atomic E-state index is 0.0355. The van der Waals surface area contributed by atoms with Gasteiger partial charge in [0, 0.05) is 25.8 Å². The van der Waals surface area contributed by atoms with Crippen LogP contribution in [0.5, 0.6) is 0 Å². The third-order valence-corrected chi connectivity index (χ3v) is 2.22. The number of nitrogens with zero attached hydrogens (tertiary/aromatic N) is 1. The van der Waals surface area contributed by atoms with Gasteiger partial charge in [0.05, 0.1) is 12.3 Å². The maximum atomic E-state index is 11.4. The van der Waals surface area contributed by atoms with Crippen molar-refractivity contribution in [2.75, 3.05) is 6.54 Å². The van der Waals surface area contributed by atoms with E-state index in [4.69, 9.17) is 9.68 Å². The Bertz CT molecular complexity index is 338. The molecule has 0 aliphatic carbocycles. The van der Waals surface area contributed by atoms with Crippen LogP contribution in [0, 0.1) is 11.3 Å². The quantitative estimate of drug-likeness (QED) is 0.715. The van der Waals surface area contributed by atoms with E-state index in [2.05, 4.69) is 11.4 Å². The topological polar surface area (TPSA) is 66.0 Å². The number of nitrogens with one attached hydrogen (secondary N) is 1. The van der Waals surface area contributed by atoms with E-state index in [0.29, 0.717) is 25.8 Å². The van der Waals surface area contributed by atoms with Crippen molar-refractivity contribution in [3.63, 3.8) is 0 Å². The van der Waals surface area contributed by atoms with Gasteiger partial charge in [0.1, 0.15) is 5.76 Å². The lowest BCUT2D eigenvalue weighted by Gasteiger charge is -2.02.